The number of amides is 4. The summed E-state index contributed by atoms with van der Waals surface area (Å²) >= 11 is 0. The number of primary amides is 1. The molecule has 0 radical (unpaired) electrons. The summed E-state index contributed by atoms with van der Waals surface area (Å²) in [4.78, 5) is 69.2. The molecule has 224 valence electrons. The van der Waals surface area contributed by atoms with Crippen LogP contribution in [-0.2, 0) is 30.4 Å². The van der Waals surface area contributed by atoms with E-state index in [-0.39, 0.29) is 25.3 Å². The number of carbonyl (C=O) groups excluding carboxylic acids is 4. The maximum absolute atomic E-state index is 13.3. The Balaban J connectivity index is 2.25. The van der Waals surface area contributed by atoms with Crippen LogP contribution in [0.2, 0.25) is 0 Å². The minimum absolute atomic E-state index is 0.102. The fourth-order valence-electron chi connectivity index (χ4n) is 3.98. The Morgan fingerprint density at radius 2 is 1.61 bits per heavy atom. The first-order valence-electron chi connectivity index (χ1n) is 12.8. The number of carboxylic acids is 1. The van der Waals surface area contributed by atoms with Crippen LogP contribution in [-0.4, -0.2) is 87.6 Å². The summed E-state index contributed by atoms with van der Waals surface area (Å²) in [5, 5.41) is 27.0. The van der Waals surface area contributed by atoms with Gasteiger partial charge in [-0.25, -0.2) is 4.79 Å². The minimum atomic E-state index is -1.66. The number of nitrogens with one attached hydrogen (secondary N) is 4. The average Bonchev–Trinajstić information content (AvgIpc) is 3.30. The first-order valence-corrected chi connectivity index (χ1v) is 12.8. The Morgan fingerprint density at radius 3 is 2.22 bits per heavy atom. The van der Waals surface area contributed by atoms with Crippen LogP contribution >= 0.6 is 0 Å². The van der Waals surface area contributed by atoms with Crippen molar-refractivity contribution in [1.29, 1.82) is 0 Å². The van der Waals surface area contributed by atoms with Crippen molar-refractivity contribution in [3.05, 3.63) is 36.0 Å². The molecule has 0 aliphatic rings. The fourth-order valence-corrected chi connectivity index (χ4v) is 3.98. The van der Waals surface area contributed by atoms with E-state index in [2.05, 4.69) is 25.9 Å². The molecule has 16 nitrogen and oxygen atoms in total. The van der Waals surface area contributed by atoms with Gasteiger partial charge in [0.15, 0.2) is 12.0 Å². The van der Waals surface area contributed by atoms with Crippen molar-refractivity contribution in [2.24, 2.45) is 27.9 Å². The second-order valence-electron chi connectivity index (χ2n) is 9.48. The zero-order valence-electron chi connectivity index (χ0n) is 22.5. The number of nitrogens with zero attached hydrogens (tertiary/aromatic N) is 1. The van der Waals surface area contributed by atoms with Crippen LogP contribution in [0.3, 0.4) is 0 Å². The maximum atomic E-state index is 13.3. The molecule has 0 saturated carbocycles. The number of fused-ring (bicyclic) bond motifs is 1. The lowest BCUT2D eigenvalue weighted by Crippen LogP contribution is -2.59. The fraction of sp³-hybridized carbons (Fsp3) is 0.440. The van der Waals surface area contributed by atoms with Gasteiger partial charge < -0.3 is 54.1 Å². The van der Waals surface area contributed by atoms with Gasteiger partial charge in [-0.2, -0.15) is 0 Å². The van der Waals surface area contributed by atoms with Crippen molar-refractivity contribution in [1.82, 2.24) is 20.9 Å². The molecule has 0 aliphatic heterocycles. The molecule has 0 spiro atoms. The topological polar surface area (TPSA) is 294 Å². The largest absolute Gasteiger partial charge is 0.480 e. The molecule has 0 fully saturated rings. The molecule has 4 amide bonds. The lowest BCUT2D eigenvalue weighted by Gasteiger charge is -2.25. The molecule has 1 heterocycles. The van der Waals surface area contributed by atoms with Gasteiger partial charge in [0, 0.05) is 30.1 Å². The standard InChI is InChI=1S/C25H37N9O7/c1-12(35)20(24(40)41)34-23(39)17(9-13-11-31-16-7-3-2-5-14(13)16)33-22(38)18(10-19(27)36)32-21(37)15(26)6-4-8-30-25(28)29/h2-3,5,7,11-12,15,17-18,20,31,35H,4,6,8-10,26H2,1H3,(H2,27,36)(H,32,37)(H,33,38)(H,34,39)(H,40,41)(H4,28,29,30). The number of hydrogen-bond donors (Lipinski definition) is 10. The summed E-state index contributed by atoms with van der Waals surface area (Å²) in [5.41, 5.74) is 23.1. The number of hydrogen-bond acceptors (Lipinski definition) is 8. The average molecular weight is 576 g/mol. The zero-order valence-corrected chi connectivity index (χ0v) is 22.5. The molecule has 5 atom stereocenters. The molecular formula is C25H37N9O7. The van der Waals surface area contributed by atoms with Gasteiger partial charge in [-0.1, -0.05) is 18.2 Å². The molecule has 14 N–H and O–H groups in total. The van der Waals surface area contributed by atoms with Crippen molar-refractivity contribution >= 4 is 46.5 Å². The Labute approximate surface area is 235 Å². The van der Waals surface area contributed by atoms with E-state index >= 15 is 0 Å². The summed E-state index contributed by atoms with van der Waals surface area (Å²) in [7, 11) is 0. The number of H-pyrrole nitrogens is 1. The second kappa shape index (κ2) is 15.2. The number of para-hydroxylation sites is 1. The quantitative estimate of drug-likeness (QED) is 0.0545. The van der Waals surface area contributed by atoms with E-state index in [1.165, 1.54) is 6.92 Å². The molecule has 1 aromatic heterocycles. The second-order valence-corrected chi connectivity index (χ2v) is 9.48. The minimum Gasteiger partial charge on any atom is -0.480 e. The predicted octanol–water partition coefficient (Wildman–Crippen LogP) is -3.11. The number of carbonyl (C=O) groups is 5. The molecule has 2 aromatic rings. The van der Waals surface area contributed by atoms with Gasteiger partial charge in [0.2, 0.25) is 23.6 Å². The van der Waals surface area contributed by atoms with E-state index in [1.807, 2.05) is 0 Å². The Hall–Kier alpha value is -4.70. The van der Waals surface area contributed by atoms with E-state index in [4.69, 9.17) is 22.9 Å². The molecule has 0 bridgehead atoms. The summed E-state index contributed by atoms with van der Waals surface area (Å²) in [6, 6.07) is 1.58. The van der Waals surface area contributed by atoms with E-state index < -0.39 is 66.3 Å². The van der Waals surface area contributed by atoms with Gasteiger partial charge in [-0.05, 0) is 31.4 Å². The number of nitrogens with two attached hydrogens (primary N) is 4. The van der Waals surface area contributed by atoms with E-state index in [0.717, 1.165) is 10.9 Å². The van der Waals surface area contributed by atoms with Gasteiger partial charge in [-0.15, -0.1) is 0 Å². The number of aliphatic carboxylic acids is 1. The van der Waals surface area contributed by atoms with Crippen LogP contribution in [0.1, 0.15) is 31.7 Å². The number of benzene rings is 1. The van der Waals surface area contributed by atoms with Gasteiger partial charge in [0.05, 0.1) is 18.6 Å². The van der Waals surface area contributed by atoms with E-state index in [0.29, 0.717) is 12.0 Å². The van der Waals surface area contributed by atoms with Crippen molar-refractivity contribution in [2.75, 3.05) is 6.54 Å². The normalized spacial score (nSPS) is 14.6. The van der Waals surface area contributed by atoms with Gasteiger partial charge in [0.1, 0.15) is 12.1 Å². The molecule has 16 heteroatoms. The highest BCUT2D eigenvalue weighted by atomic mass is 16.4. The number of guanidine groups is 1. The van der Waals surface area contributed by atoms with Crippen LogP contribution < -0.4 is 38.9 Å². The molecule has 0 aliphatic carbocycles. The van der Waals surface area contributed by atoms with Crippen molar-refractivity contribution in [3.8, 4) is 0 Å². The van der Waals surface area contributed by atoms with Crippen molar-refractivity contribution in [2.45, 2.75) is 62.9 Å². The van der Waals surface area contributed by atoms with Gasteiger partial charge in [-0.3, -0.25) is 24.2 Å². The summed E-state index contributed by atoms with van der Waals surface area (Å²) in [6.45, 7) is 1.41. The number of aliphatic imine (C=N–C) groups is 1. The molecule has 2 rings (SSSR count). The lowest BCUT2D eigenvalue weighted by molar-refractivity contribution is -0.145. The highest BCUT2D eigenvalue weighted by molar-refractivity contribution is 5.96. The Morgan fingerprint density at radius 1 is 0.976 bits per heavy atom. The third-order valence-electron chi connectivity index (χ3n) is 6.12. The first kappa shape index (κ1) is 32.5. The smallest absolute Gasteiger partial charge is 0.328 e. The van der Waals surface area contributed by atoms with Crippen LogP contribution in [0, 0.1) is 0 Å². The highest BCUT2D eigenvalue weighted by Gasteiger charge is 2.33. The van der Waals surface area contributed by atoms with Crippen molar-refractivity contribution < 1.29 is 34.2 Å². The number of aromatic nitrogens is 1. The highest BCUT2D eigenvalue weighted by Crippen LogP contribution is 2.19. The van der Waals surface area contributed by atoms with Crippen molar-refractivity contribution in [3.63, 3.8) is 0 Å². The Bertz CT molecular complexity index is 1270. The number of aromatic amines is 1. The summed E-state index contributed by atoms with van der Waals surface area (Å²) < 4.78 is 0. The lowest BCUT2D eigenvalue weighted by atomic mass is 10.0. The molecule has 41 heavy (non-hydrogen) atoms. The monoisotopic (exact) mass is 575 g/mol. The third kappa shape index (κ3) is 10.1. The molecule has 0 saturated heterocycles. The van der Waals surface area contributed by atoms with E-state index in [1.54, 1.807) is 30.5 Å². The van der Waals surface area contributed by atoms with Gasteiger partial charge >= 0.3 is 5.97 Å². The maximum Gasteiger partial charge on any atom is 0.328 e. The number of aliphatic hydroxyl groups is 1. The summed E-state index contributed by atoms with van der Waals surface area (Å²) in [5.74, 6) is -5.13. The molecule has 5 unspecified atom stereocenters. The Kier molecular flexibility index (Phi) is 12.0. The van der Waals surface area contributed by atoms with Gasteiger partial charge in [0.25, 0.3) is 0 Å². The van der Waals surface area contributed by atoms with Crippen LogP contribution in [0.25, 0.3) is 10.9 Å². The van der Waals surface area contributed by atoms with Crippen LogP contribution in [0.4, 0.5) is 0 Å². The third-order valence-corrected chi connectivity index (χ3v) is 6.12. The number of carboxylic acid groups (broad SMARTS) is 1. The number of aliphatic hydroxyl groups excluding tert-OH is 1. The van der Waals surface area contributed by atoms with Crippen LogP contribution in [0.15, 0.2) is 35.5 Å². The molecule has 1 aromatic carbocycles. The predicted molar refractivity (Wildman–Crippen MR) is 149 cm³/mol. The van der Waals surface area contributed by atoms with E-state index in [9.17, 15) is 34.2 Å². The zero-order chi connectivity index (χ0) is 30.7. The first-order chi connectivity index (χ1) is 19.3. The molecular weight excluding hydrogens is 538 g/mol. The summed E-state index contributed by atoms with van der Waals surface area (Å²) in [6.07, 6.45) is -0.00348. The SMILES string of the molecule is CC(O)C(NC(=O)C(Cc1c[nH]c2ccccc12)NC(=O)C(CC(N)=O)NC(=O)C(N)CCCN=C(N)N)C(=O)O. The van der Waals surface area contributed by atoms with Crippen LogP contribution in [0.5, 0.6) is 0 Å². The number of rotatable bonds is 16.